The largest absolute Gasteiger partial charge is 0.358 e. The Morgan fingerprint density at radius 2 is 2.12 bits per heavy atom. The van der Waals surface area contributed by atoms with Crippen molar-refractivity contribution in [2.24, 2.45) is 5.73 Å². The fourth-order valence-corrected chi connectivity index (χ4v) is 1.83. The molecule has 2 rings (SSSR count). The predicted octanol–water partition coefficient (Wildman–Crippen LogP) is 2.93. The number of fused-ring (bicyclic) bond motifs is 1. The topological polar surface area (TPSA) is 41.8 Å². The number of hydrogen-bond donors (Lipinski definition) is 2. The molecule has 0 bridgehead atoms. The van der Waals surface area contributed by atoms with Gasteiger partial charge in [0.15, 0.2) is 0 Å². The molecular weight excluding hydrogens is 227 g/mol. The number of nitrogens with two attached hydrogens (primary N) is 1. The average molecular weight is 243 g/mol. The van der Waals surface area contributed by atoms with Crippen LogP contribution in [0.4, 0.5) is 4.39 Å². The Morgan fingerprint density at radius 3 is 2.75 bits per heavy atom. The van der Waals surface area contributed by atoms with E-state index in [4.69, 9.17) is 5.73 Å². The highest BCUT2D eigenvalue weighted by atomic mass is 35.5. The normalized spacial score (nSPS) is 12.5. The van der Waals surface area contributed by atoms with E-state index >= 15 is 0 Å². The smallest absolute Gasteiger partial charge is 0.128 e. The summed E-state index contributed by atoms with van der Waals surface area (Å²) in [6.07, 6.45) is 0.787. The minimum absolute atomic E-state index is 0. The van der Waals surface area contributed by atoms with Gasteiger partial charge in [0.05, 0.1) is 5.52 Å². The van der Waals surface area contributed by atoms with E-state index in [2.05, 4.69) is 4.98 Å². The molecule has 0 aliphatic heterocycles. The molecule has 0 radical (unpaired) electrons. The number of aromatic nitrogens is 1. The minimum atomic E-state index is -0.170. The van der Waals surface area contributed by atoms with Crippen LogP contribution in [0.1, 0.15) is 18.2 Å². The van der Waals surface area contributed by atoms with E-state index in [0.29, 0.717) is 5.56 Å². The summed E-state index contributed by atoms with van der Waals surface area (Å²) >= 11 is 0. The molecule has 0 spiro atoms. The Kier molecular flexibility index (Phi) is 3.94. The molecule has 0 amide bonds. The van der Waals surface area contributed by atoms with Gasteiger partial charge in [-0.05, 0) is 32.0 Å². The number of nitrogens with one attached hydrogen (secondary N) is 1. The van der Waals surface area contributed by atoms with E-state index in [1.165, 1.54) is 6.07 Å². The number of rotatable bonds is 2. The summed E-state index contributed by atoms with van der Waals surface area (Å²) in [6, 6.07) is 5.44. The molecule has 1 unspecified atom stereocenters. The van der Waals surface area contributed by atoms with Gasteiger partial charge < -0.3 is 10.7 Å². The highest BCUT2D eigenvalue weighted by molar-refractivity contribution is 5.85. The lowest BCUT2D eigenvalue weighted by molar-refractivity contribution is 0.620. The van der Waals surface area contributed by atoms with Gasteiger partial charge in [0, 0.05) is 29.1 Å². The zero-order valence-corrected chi connectivity index (χ0v) is 10.2. The van der Waals surface area contributed by atoms with Gasteiger partial charge in [0.25, 0.3) is 0 Å². The van der Waals surface area contributed by atoms with Crippen LogP contribution in [0.5, 0.6) is 0 Å². The summed E-state index contributed by atoms with van der Waals surface area (Å²) in [5.41, 5.74) is 8.33. The Hall–Kier alpha value is -1.06. The summed E-state index contributed by atoms with van der Waals surface area (Å²) in [6.45, 7) is 3.74. The van der Waals surface area contributed by atoms with Crippen LogP contribution >= 0.6 is 12.4 Å². The first kappa shape index (κ1) is 13.0. The van der Waals surface area contributed by atoms with Crippen molar-refractivity contribution >= 4 is 23.3 Å². The summed E-state index contributed by atoms with van der Waals surface area (Å²) in [5.74, 6) is -0.170. The molecule has 1 aromatic heterocycles. The standard InChI is InChI=1S/C12H15FN2.ClH/c1-7(14)5-10-6-9-3-4-11(13)8(2)12(9)15-10;/h3-4,6-7,15H,5,14H2,1-2H3;1H. The van der Waals surface area contributed by atoms with Crippen LogP contribution in [0.2, 0.25) is 0 Å². The first-order valence-corrected chi connectivity index (χ1v) is 5.10. The molecule has 4 heteroatoms. The molecule has 0 aliphatic carbocycles. The molecule has 88 valence electrons. The first-order valence-electron chi connectivity index (χ1n) is 5.10. The average Bonchev–Trinajstić information content (AvgIpc) is 2.54. The van der Waals surface area contributed by atoms with Gasteiger partial charge in [-0.2, -0.15) is 0 Å². The molecule has 2 nitrogen and oxygen atoms in total. The third-order valence-electron chi connectivity index (χ3n) is 2.59. The van der Waals surface area contributed by atoms with E-state index < -0.39 is 0 Å². The second-order valence-corrected chi connectivity index (χ2v) is 4.11. The molecule has 1 atom stereocenters. The van der Waals surface area contributed by atoms with E-state index in [-0.39, 0.29) is 24.3 Å². The van der Waals surface area contributed by atoms with E-state index in [1.54, 1.807) is 13.0 Å². The van der Waals surface area contributed by atoms with Crippen molar-refractivity contribution in [3.8, 4) is 0 Å². The summed E-state index contributed by atoms with van der Waals surface area (Å²) in [5, 5.41) is 1.05. The van der Waals surface area contributed by atoms with Gasteiger partial charge in [-0.15, -0.1) is 12.4 Å². The molecule has 0 fully saturated rings. The molecule has 2 aromatic rings. The Balaban J connectivity index is 0.00000128. The van der Waals surface area contributed by atoms with Crippen LogP contribution in [-0.4, -0.2) is 11.0 Å². The minimum Gasteiger partial charge on any atom is -0.358 e. The highest BCUT2D eigenvalue weighted by Gasteiger charge is 2.07. The van der Waals surface area contributed by atoms with Crippen molar-refractivity contribution in [1.29, 1.82) is 0 Å². The molecule has 1 heterocycles. The maximum Gasteiger partial charge on any atom is 0.128 e. The van der Waals surface area contributed by atoms with Crippen molar-refractivity contribution in [2.75, 3.05) is 0 Å². The number of hydrogen-bond acceptors (Lipinski definition) is 1. The van der Waals surface area contributed by atoms with Crippen molar-refractivity contribution in [3.05, 3.63) is 35.3 Å². The van der Waals surface area contributed by atoms with Crippen LogP contribution in [0, 0.1) is 12.7 Å². The van der Waals surface area contributed by atoms with Gasteiger partial charge in [0.2, 0.25) is 0 Å². The van der Waals surface area contributed by atoms with Crippen LogP contribution in [0.15, 0.2) is 18.2 Å². The van der Waals surface area contributed by atoms with Crippen molar-refractivity contribution < 1.29 is 4.39 Å². The predicted molar refractivity (Wildman–Crippen MR) is 67.6 cm³/mol. The number of aryl methyl sites for hydroxylation is 1. The van der Waals surface area contributed by atoms with Crippen molar-refractivity contribution in [2.45, 2.75) is 26.3 Å². The Morgan fingerprint density at radius 1 is 1.44 bits per heavy atom. The van der Waals surface area contributed by atoms with Gasteiger partial charge in [-0.25, -0.2) is 4.39 Å². The van der Waals surface area contributed by atoms with E-state index in [9.17, 15) is 4.39 Å². The maximum atomic E-state index is 13.3. The quantitative estimate of drug-likeness (QED) is 0.836. The third-order valence-corrected chi connectivity index (χ3v) is 2.59. The molecule has 0 aliphatic rings. The van der Waals surface area contributed by atoms with Gasteiger partial charge in [-0.1, -0.05) is 0 Å². The summed E-state index contributed by atoms with van der Waals surface area (Å²) < 4.78 is 13.3. The fourth-order valence-electron chi connectivity index (χ4n) is 1.83. The highest BCUT2D eigenvalue weighted by Crippen LogP contribution is 2.21. The molecule has 16 heavy (non-hydrogen) atoms. The molecule has 1 aromatic carbocycles. The van der Waals surface area contributed by atoms with Crippen LogP contribution < -0.4 is 5.73 Å². The molecular formula is C12H16ClFN2. The first-order chi connectivity index (χ1) is 7.08. The molecule has 3 N–H and O–H groups in total. The van der Waals surface area contributed by atoms with Gasteiger partial charge >= 0.3 is 0 Å². The number of H-pyrrole nitrogens is 1. The lowest BCUT2D eigenvalue weighted by atomic mass is 10.1. The van der Waals surface area contributed by atoms with E-state index in [0.717, 1.165) is 23.0 Å². The third kappa shape index (κ3) is 2.36. The van der Waals surface area contributed by atoms with E-state index in [1.807, 2.05) is 13.0 Å². The second-order valence-electron chi connectivity index (χ2n) is 4.11. The van der Waals surface area contributed by atoms with Gasteiger partial charge in [0.1, 0.15) is 5.82 Å². The molecule has 0 saturated heterocycles. The summed E-state index contributed by atoms with van der Waals surface area (Å²) in [4.78, 5) is 3.22. The van der Waals surface area contributed by atoms with Crippen LogP contribution in [-0.2, 0) is 6.42 Å². The Labute approximate surface area is 100 Å². The fraction of sp³-hybridized carbons (Fsp3) is 0.333. The number of benzene rings is 1. The lowest BCUT2D eigenvalue weighted by Gasteiger charge is -2.01. The lowest BCUT2D eigenvalue weighted by Crippen LogP contribution is -2.17. The maximum absolute atomic E-state index is 13.3. The van der Waals surface area contributed by atoms with Crippen molar-refractivity contribution in [1.82, 2.24) is 4.98 Å². The number of aromatic amines is 1. The Bertz CT molecular complexity index is 491. The van der Waals surface area contributed by atoms with Crippen molar-refractivity contribution in [3.63, 3.8) is 0 Å². The summed E-state index contributed by atoms with van der Waals surface area (Å²) in [7, 11) is 0. The van der Waals surface area contributed by atoms with Crippen LogP contribution in [0.3, 0.4) is 0 Å². The second kappa shape index (κ2) is 4.85. The molecule has 0 saturated carbocycles. The monoisotopic (exact) mass is 242 g/mol. The zero-order valence-electron chi connectivity index (χ0n) is 9.38. The SMILES string of the molecule is Cc1c(F)ccc2cc(CC(C)N)[nH]c12.Cl. The zero-order chi connectivity index (χ0) is 11.0. The van der Waals surface area contributed by atoms with Gasteiger partial charge in [-0.3, -0.25) is 0 Å². The van der Waals surface area contributed by atoms with Crippen LogP contribution in [0.25, 0.3) is 10.9 Å². The number of halogens is 2.